The van der Waals surface area contributed by atoms with Crippen LogP contribution in [0, 0.1) is 41.7 Å². The van der Waals surface area contributed by atoms with Gasteiger partial charge in [-0.3, -0.25) is 0 Å². The number of hydrogen-bond donors (Lipinski definition) is 0. The molecule has 0 aliphatic rings. The fourth-order valence-electron chi connectivity index (χ4n) is 0. The van der Waals surface area contributed by atoms with Crippen LogP contribution in [0.5, 0.6) is 0 Å². The Bertz CT molecular complexity index is 8.00. The first-order chi connectivity index (χ1) is 0. The van der Waals surface area contributed by atoms with Crippen LogP contribution in [0.3, 0.4) is 0 Å². The van der Waals surface area contributed by atoms with Gasteiger partial charge in [0.15, 0.2) is 0 Å². The minimum atomic E-state index is 0. The van der Waals surface area contributed by atoms with Gasteiger partial charge < -0.3 is 5.48 Å². The van der Waals surface area contributed by atoms with Crippen LogP contribution in [0.2, 0.25) is 0 Å². The van der Waals surface area contributed by atoms with E-state index in [1.54, 1.807) is 0 Å². The maximum atomic E-state index is 0. The van der Waals surface area contributed by atoms with Crippen molar-refractivity contribution in [2.45, 2.75) is 0 Å². The summed E-state index contributed by atoms with van der Waals surface area (Å²) in [6.45, 7) is 0. The Labute approximate surface area is 107 Å². The predicted molar refractivity (Wildman–Crippen MR) is 12.2 cm³/mol. The first-order valence-electron chi connectivity index (χ1n) is 0. The van der Waals surface area contributed by atoms with Gasteiger partial charge in [-0.25, -0.2) is 0 Å². The van der Waals surface area contributed by atoms with Gasteiger partial charge in [0.05, 0.1) is 0 Å². The van der Waals surface area contributed by atoms with E-state index in [1.807, 2.05) is 0 Å². The van der Waals surface area contributed by atoms with Crippen molar-refractivity contribution in [1.29, 1.82) is 0 Å². The molecule has 1 radical (unpaired) electrons. The normalized spacial score (nSPS) is 0. The fourth-order valence-corrected chi connectivity index (χ4v) is 0. The molecule has 0 aromatic heterocycles. The minimum absolute atomic E-state index is 0. The van der Waals surface area contributed by atoms with Crippen LogP contribution in [0.1, 0.15) is 0 Å². The molecular weight excluding hydrogens is 299 g/mol. The van der Waals surface area contributed by atoms with Crippen LogP contribution in [-0.2, 0) is 17.1 Å². The van der Waals surface area contributed by atoms with E-state index in [9.17, 15) is 0 Å². The summed E-state index contributed by atoms with van der Waals surface area (Å²) < 4.78 is 0. The average molecular weight is 303 g/mol. The molecule has 0 aliphatic carbocycles. The van der Waals surface area contributed by atoms with E-state index >= 15 is 0 Å². The molecule has 23 valence electrons. The third-order valence-electron chi connectivity index (χ3n) is 0. The van der Waals surface area contributed by atoms with Gasteiger partial charge in [0.25, 0.3) is 0 Å². The van der Waals surface area contributed by atoms with E-state index in [1.165, 1.54) is 0 Å². The first-order valence-corrected chi connectivity index (χ1v) is 0. The maximum absolute atomic E-state index is 0. The van der Waals surface area contributed by atoms with E-state index < -0.39 is 0 Å². The van der Waals surface area contributed by atoms with Gasteiger partial charge in [-0.05, 0) is 0 Å². The molecule has 0 heterocycles. The van der Waals surface area contributed by atoms with Crippen LogP contribution >= 0.6 is 0 Å². The zero-order valence-corrected chi connectivity index (χ0v) is 5.70. The zero-order chi connectivity index (χ0) is 0. The van der Waals surface area contributed by atoms with Gasteiger partial charge >= 0.3 is 45.5 Å². The van der Waals surface area contributed by atoms with Crippen LogP contribution in [-0.4, -0.2) is 51.0 Å². The molecule has 0 spiro atoms. The molecule has 0 amide bonds. The molecule has 4 heavy (non-hydrogen) atoms. The summed E-state index contributed by atoms with van der Waals surface area (Å²) in [6, 6.07) is 0. The Morgan fingerprint density at radius 2 is 1.00 bits per heavy atom. The van der Waals surface area contributed by atoms with Crippen molar-refractivity contribution in [2.75, 3.05) is 0 Å². The SMILES string of the molecule is O.[Ce].[Mn].[SrH2]. The molecule has 0 atom stereocenters. The second-order valence-corrected chi connectivity index (χ2v) is 0. The Morgan fingerprint density at radius 3 is 1.00 bits per heavy atom. The molecule has 4 heteroatoms. The van der Waals surface area contributed by atoms with Crippen molar-refractivity contribution >= 4 is 45.5 Å². The third-order valence-corrected chi connectivity index (χ3v) is 0. The van der Waals surface area contributed by atoms with Crippen molar-refractivity contribution in [3.8, 4) is 0 Å². The number of rotatable bonds is 0. The van der Waals surface area contributed by atoms with E-state index in [0.29, 0.717) is 0 Å². The molecule has 0 aromatic carbocycles. The van der Waals surface area contributed by atoms with Gasteiger partial charge in [0.2, 0.25) is 0 Å². The number of hydrogen-bond acceptors (Lipinski definition) is 0. The molecule has 0 bridgehead atoms. The molecule has 0 aromatic rings. The Balaban J connectivity index is 0. The van der Waals surface area contributed by atoms with E-state index in [-0.39, 0.29) is 110 Å². The van der Waals surface area contributed by atoms with Crippen molar-refractivity contribution in [1.82, 2.24) is 0 Å². The molecule has 0 saturated carbocycles. The summed E-state index contributed by atoms with van der Waals surface area (Å²) in [5.74, 6) is 0. The van der Waals surface area contributed by atoms with Crippen molar-refractivity contribution in [2.24, 2.45) is 0 Å². The van der Waals surface area contributed by atoms with Crippen LogP contribution in [0.4, 0.5) is 0 Å². The van der Waals surface area contributed by atoms with Crippen molar-refractivity contribution < 1.29 is 64.3 Å². The predicted octanol–water partition coefficient (Wildman–Crippen LogP) is -1.74. The van der Waals surface area contributed by atoms with Gasteiger partial charge in [0.1, 0.15) is 0 Å². The van der Waals surface area contributed by atoms with Gasteiger partial charge in [0, 0.05) is 58.8 Å². The van der Waals surface area contributed by atoms with Crippen molar-refractivity contribution in [3.63, 3.8) is 0 Å². The summed E-state index contributed by atoms with van der Waals surface area (Å²) >= 11 is 0. The molecule has 0 fully saturated rings. The summed E-state index contributed by atoms with van der Waals surface area (Å²) in [4.78, 5) is 0. The van der Waals surface area contributed by atoms with Gasteiger partial charge in [-0.15, -0.1) is 0 Å². The second-order valence-electron chi connectivity index (χ2n) is 0. The molecule has 2 N–H and O–H groups in total. The van der Waals surface area contributed by atoms with E-state index in [2.05, 4.69) is 0 Å². The molecule has 0 unspecified atom stereocenters. The fraction of sp³-hybridized carbons (Fsp3) is 0. The molecule has 0 rings (SSSR count). The van der Waals surface area contributed by atoms with Crippen LogP contribution in [0.15, 0.2) is 0 Å². The van der Waals surface area contributed by atoms with E-state index in [0.717, 1.165) is 0 Å². The van der Waals surface area contributed by atoms with Gasteiger partial charge in [-0.1, -0.05) is 0 Å². The molecule has 0 aliphatic heterocycles. The average Bonchev–Trinajstić information content (AvgIpc) is 0. The van der Waals surface area contributed by atoms with Gasteiger partial charge in [-0.2, -0.15) is 0 Å². The molecule has 0 saturated heterocycles. The standard InChI is InChI=1S/Ce.Mn.H2O.Sr.2H/h;;1H2;;;. The monoisotopic (exact) mass is 303 g/mol. The molecule has 1 nitrogen and oxygen atoms in total. The summed E-state index contributed by atoms with van der Waals surface area (Å²) in [5, 5.41) is 0. The van der Waals surface area contributed by atoms with E-state index in [4.69, 9.17) is 0 Å². The Hall–Kier alpha value is 3.34. The Morgan fingerprint density at radius 1 is 1.00 bits per heavy atom. The first kappa shape index (κ1) is 26.5. The zero-order valence-electron chi connectivity index (χ0n) is 1.38. The second kappa shape index (κ2) is 16.2. The third kappa shape index (κ3) is 9.01. The summed E-state index contributed by atoms with van der Waals surface area (Å²) in [7, 11) is 0. The van der Waals surface area contributed by atoms with Crippen molar-refractivity contribution in [3.05, 3.63) is 0 Å². The summed E-state index contributed by atoms with van der Waals surface area (Å²) in [5.41, 5.74) is 0. The van der Waals surface area contributed by atoms with Crippen LogP contribution < -0.4 is 0 Å². The molecular formula is H4CeMnOSr. The Kier molecular flexibility index (Phi) is 107. The topological polar surface area (TPSA) is 31.5 Å². The van der Waals surface area contributed by atoms with Crippen LogP contribution in [0.25, 0.3) is 0 Å². The quantitative estimate of drug-likeness (QED) is 0.476. The summed E-state index contributed by atoms with van der Waals surface area (Å²) in [6.07, 6.45) is 0.